The smallest absolute Gasteiger partial charge is 0.134 e. The number of anilines is 1. The topological polar surface area (TPSA) is 49.8 Å². The fraction of sp³-hybridized carbons (Fsp3) is 0.667. The Hall–Kier alpha value is -1.16. The lowest BCUT2D eigenvalue weighted by Crippen LogP contribution is -2.15. The summed E-state index contributed by atoms with van der Waals surface area (Å²) >= 11 is 0. The van der Waals surface area contributed by atoms with Gasteiger partial charge >= 0.3 is 0 Å². The fourth-order valence-corrected chi connectivity index (χ4v) is 1.84. The lowest BCUT2D eigenvalue weighted by Gasteiger charge is -2.15. The Bertz CT molecular complexity index is 385. The van der Waals surface area contributed by atoms with Crippen LogP contribution in [-0.4, -0.2) is 16.0 Å². The van der Waals surface area contributed by atoms with Crippen LogP contribution in [0.5, 0.6) is 0 Å². The summed E-state index contributed by atoms with van der Waals surface area (Å²) in [6, 6.07) is 0.402. The Kier molecular flexibility index (Phi) is 3.10. The molecule has 4 nitrogen and oxygen atoms in total. The molecule has 1 aliphatic heterocycles. The largest absolute Gasteiger partial charge is 0.368 e. The van der Waals surface area contributed by atoms with E-state index >= 15 is 0 Å². The maximum atomic E-state index is 4.62. The summed E-state index contributed by atoms with van der Waals surface area (Å²) in [4.78, 5) is 9.23. The van der Waals surface area contributed by atoms with Crippen molar-refractivity contribution in [3.05, 3.63) is 17.1 Å². The van der Waals surface area contributed by atoms with E-state index in [1.165, 1.54) is 5.56 Å². The Morgan fingerprint density at radius 3 is 2.50 bits per heavy atom. The predicted octanol–water partition coefficient (Wildman–Crippen LogP) is 2.02. The van der Waals surface area contributed by atoms with E-state index in [0.717, 1.165) is 30.4 Å². The van der Waals surface area contributed by atoms with Crippen molar-refractivity contribution in [2.75, 3.05) is 5.32 Å². The molecule has 0 bridgehead atoms. The highest BCUT2D eigenvalue weighted by Crippen LogP contribution is 2.24. The maximum absolute atomic E-state index is 4.62. The number of rotatable bonds is 3. The molecule has 2 N–H and O–H groups in total. The van der Waals surface area contributed by atoms with Gasteiger partial charge < -0.3 is 10.6 Å². The van der Waals surface area contributed by atoms with Crippen molar-refractivity contribution in [2.45, 2.75) is 52.7 Å². The monoisotopic (exact) mass is 220 g/mol. The summed E-state index contributed by atoms with van der Waals surface area (Å²) in [5.41, 5.74) is 2.39. The molecule has 0 atom stereocenters. The fourth-order valence-electron chi connectivity index (χ4n) is 1.84. The summed E-state index contributed by atoms with van der Waals surface area (Å²) in [5.74, 6) is 2.32. The summed E-state index contributed by atoms with van der Waals surface area (Å²) < 4.78 is 0. The second-order valence-corrected chi connectivity index (χ2v) is 4.91. The third-order valence-corrected chi connectivity index (χ3v) is 2.65. The number of nitrogens with zero attached hydrogens (tertiary/aromatic N) is 2. The van der Waals surface area contributed by atoms with Gasteiger partial charge in [-0.2, -0.15) is 0 Å². The van der Waals surface area contributed by atoms with Gasteiger partial charge in [0.15, 0.2) is 0 Å². The first-order chi connectivity index (χ1) is 7.58. The number of fused-ring (bicyclic) bond motifs is 1. The van der Waals surface area contributed by atoms with Crippen LogP contribution in [0.3, 0.4) is 0 Å². The summed E-state index contributed by atoms with van der Waals surface area (Å²) in [5, 5.41) is 6.73. The molecule has 0 amide bonds. The minimum Gasteiger partial charge on any atom is -0.368 e. The van der Waals surface area contributed by atoms with Gasteiger partial charge in [0.05, 0.1) is 5.69 Å². The van der Waals surface area contributed by atoms with Crippen LogP contribution in [0.25, 0.3) is 0 Å². The molecule has 16 heavy (non-hydrogen) atoms. The zero-order valence-corrected chi connectivity index (χ0v) is 10.5. The van der Waals surface area contributed by atoms with E-state index < -0.39 is 0 Å². The van der Waals surface area contributed by atoms with E-state index in [9.17, 15) is 0 Å². The van der Waals surface area contributed by atoms with Crippen LogP contribution < -0.4 is 10.6 Å². The van der Waals surface area contributed by atoms with Gasteiger partial charge in [-0.15, -0.1) is 0 Å². The number of aromatic nitrogens is 2. The molecular weight excluding hydrogens is 200 g/mol. The number of nitrogens with one attached hydrogen (secondary N) is 2. The van der Waals surface area contributed by atoms with Gasteiger partial charge in [0, 0.05) is 30.6 Å². The third kappa shape index (κ3) is 2.16. The zero-order chi connectivity index (χ0) is 11.7. The molecule has 0 radical (unpaired) electrons. The van der Waals surface area contributed by atoms with Gasteiger partial charge in [-0.25, -0.2) is 9.97 Å². The van der Waals surface area contributed by atoms with Crippen LogP contribution in [-0.2, 0) is 13.1 Å². The first-order valence-electron chi connectivity index (χ1n) is 5.95. The van der Waals surface area contributed by atoms with E-state index in [-0.39, 0.29) is 0 Å². The van der Waals surface area contributed by atoms with Gasteiger partial charge in [-0.3, -0.25) is 0 Å². The first-order valence-corrected chi connectivity index (χ1v) is 5.95. The Balaban J connectivity index is 2.41. The molecule has 2 rings (SSSR count). The van der Waals surface area contributed by atoms with Crippen LogP contribution in [0.4, 0.5) is 5.82 Å². The molecule has 1 aromatic rings. The number of hydrogen-bond acceptors (Lipinski definition) is 4. The molecule has 1 aromatic heterocycles. The van der Waals surface area contributed by atoms with Gasteiger partial charge in [0.1, 0.15) is 11.6 Å². The molecule has 0 fully saturated rings. The van der Waals surface area contributed by atoms with Gasteiger partial charge in [-0.05, 0) is 13.8 Å². The predicted molar refractivity (Wildman–Crippen MR) is 65.4 cm³/mol. The lowest BCUT2D eigenvalue weighted by atomic mass is 10.1. The SMILES string of the molecule is CC(C)Nc1nc(C(C)C)nc2c1CNC2. The molecule has 4 heteroatoms. The van der Waals surface area contributed by atoms with Crippen molar-refractivity contribution in [1.82, 2.24) is 15.3 Å². The summed E-state index contributed by atoms with van der Waals surface area (Å²) in [6.45, 7) is 10.3. The van der Waals surface area contributed by atoms with Crippen LogP contribution in [0.15, 0.2) is 0 Å². The summed E-state index contributed by atoms with van der Waals surface area (Å²) in [7, 11) is 0. The molecule has 2 heterocycles. The molecular formula is C12H20N4. The van der Waals surface area contributed by atoms with E-state index in [2.05, 4.69) is 48.3 Å². The molecule has 0 aromatic carbocycles. The van der Waals surface area contributed by atoms with Crippen molar-refractivity contribution < 1.29 is 0 Å². The molecule has 0 saturated heterocycles. The van der Waals surface area contributed by atoms with Crippen molar-refractivity contribution in [3.8, 4) is 0 Å². The van der Waals surface area contributed by atoms with E-state index in [1.807, 2.05) is 0 Å². The van der Waals surface area contributed by atoms with Gasteiger partial charge in [-0.1, -0.05) is 13.8 Å². The zero-order valence-electron chi connectivity index (χ0n) is 10.5. The van der Waals surface area contributed by atoms with Crippen molar-refractivity contribution >= 4 is 5.82 Å². The molecule has 0 spiro atoms. The van der Waals surface area contributed by atoms with Crippen molar-refractivity contribution in [1.29, 1.82) is 0 Å². The molecule has 0 aliphatic carbocycles. The molecule has 88 valence electrons. The minimum atomic E-state index is 0.374. The highest BCUT2D eigenvalue weighted by molar-refractivity contribution is 5.49. The highest BCUT2D eigenvalue weighted by atomic mass is 15.1. The second-order valence-electron chi connectivity index (χ2n) is 4.91. The lowest BCUT2D eigenvalue weighted by molar-refractivity contribution is 0.740. The molecule has 0 unspecified atom stereocenters. The second kappa shape index (κ2) is 4.37. The van der Waals surface area contributed by atoms with E-state index in [1.54, 1.807) is 0 Å². The average Bonchev–Trinajstić information content (AvgIpc) is 2.64. The van der Waals surface area contributed by atoms with Crippen LogP contribution in [0, 0.1) is 0 Å². The Morgan fingerprint density at radius 2 is 1.88 bits per heavy atom. The number of hydrogen-bond donors (Lipinski definition) is 2. The Morgan fingerprint density at radius 1 is 1.12 bits per heavy atom. The first kappa shape index (κ1) is 11.3. The van der Waals surface area contributed by atoms with E-state index in [0.29, 0.717) is 12.0 Å². The van der Waals surface area contributed by atoms with Gasteiger partial charge in [0.25, 0.3) is 0 Å². The van der Waals surface area contributed by atoms with Crippen LogP contribution >= 0.6 is 0 Å². The molecule has 0 saturated carbocycles. The summed E-state index contributed by atoms with van der Waals surface area (Å²) in [6.07, 6.45) is 0. The van der Waals surface area contributed by atoms with Crippen LogP contribution in [0.1, 0.15) is 50.7 Å². The van der Waals surface area contributed by atoms with Crippen molar-refractivity contribution in [2.24, 2.45) is 0 Å². The maximum Gasteiger partial charge on any atom is 0.134 e. The highest BCUT2D eigenvalue weighted by Gasteiger charge is 2.20. The Labute approximate surface area is 96.9 Å². The average molecular weight is 220 g/mol. The quantitative estimate of drug-likeness (QED) is 0.818. The van der Waals surface area contributed by atoms with E-state index in [4.69, 9.17) is 0 Å². The third-order valence-electron chi connectivity index (χ3n) is 2.65. The minimum absolute atomic E-state index is 0.374. The van der Waals surface area contributed by atoms with Gasteiger partial charge in [0.2, 0.25) is 0 Å². The van der Waals surface area contributed by atoms with Crippen LogP contribution in [0.2, 0.25) is 0 Å². The normalized spacial score (nSPS) is 14.6. The standard InChI is InChI=1S/C12H20N4/c1-7(2)11-15-10-6-13-5-9(10)12(16-11)14-8(3)4/h7-8,13H,5-6H2,1-4H3,(H,14,15,16). The molecule has 1 aliphatic rings. The van der Waals surface area contributed by atoms with Crippen molar-refractivity contribution in [3.63, 3.8) is 0 Å².